The first kappa shape index (κ1) is 30.1. The van der Waals surface area contributed by atoms with E-state index in [4.69, 9.17) is 0 Å². The molecule has 0 unspecified atom stereocenters. The van der Waals surface area contributed by atoms with Crippen molar-refractivity contribution in [2.45, 2.75) is 49.2 Å². The SMILES string of the molecule is CC(C)(C)c1ccc(C(=O)Nc2ccc(SCc3nc(OCC(F)(F)F)cc(OCC(F)(F)F)n3)cc2)cc1. The van der Waals surface area contributed by atoms with Crippen LogP contribution in [0.5, 0.6) is 11.8 Å². The van der Waals surface area contributed by atoms with E-state index in [9.17, 15) is 31.1 Å². The van der Waals surface area contributed by atoms with E-state index in [0.29, 0.717) is 16.1 Å². The molecular weight excluding hydrogens is 548 g/mol. The van der Waals surface area contributed by atoms with Crippen LogP contribution in [0.3, 0.4) is 0 Å². The van der Waals surface area contributed by atoms with E-state index in [1.807, 2.05) is 12.1 Å². The molecule has 1 aromatic heterocycles. The number of benzene rings is 2. The molecule has 39 heavy (non-hydrogen) atoms. The quantitative estimate of drug-likeness (QED) is 0.216. The zero-order valence-corrected chi connectivity index (χ0v) is 21.9. The van der Waals surface area contributed by atoms with Crippen LogP contribution in [0.1, 0.15) is 42.5 Å². The number of alkyl halides is 6. The molecule has 1 amide bonds. The monoisotopic (exact) mass is 573 g/mol. The van der Waals surface area contributed by atoms with Gasteiger partial charge in [-0.25, -0.2) is 0 Å². The molecule has 1 heterocycles. The van der Waals surface area contributed by atoms with E-state index < -0.39 is 37.3 Å². The zero-order chi connectivity index (χ0) is 28.8. The van der Waals surface area contributed by atoms with Crippen LogP contribution in [-0.4, -0.2) is 41.4 Å². The summed E-state index contributed by atoms with van der Waals surface area (Å²) in [5.74, 6) is -1.51. The Morgan fingerprint density at radius 3 is 1.79 bits per heavy atom. The summed E-state index contributed by atoms with van der Waals surface area (Å²) < 4.78 is 84.1. The lowest BCUT2D eigenvalue weighted by atomic mass is 9.87. The number of nitrogens with zero attached hydrogens (tertiary/aromatic N) is 2. The molecule has 210 valence electrons. The lowest BCUT2D eigenvalue weighted by Crippen LogP contribution is -2.21. The first-order valence-corrected chi connectivity index (χ1v) is 12.5. The summed E-state index contributed by atoms with van der Waals surface area (Å²) in [5.41, 5.74) is 2.09. The smallest absolute Gasteiger partial charge is 0.422 e. The fraction of sp³-hybridized carbons (Fsp3) is 0.346. The summed E-state index contributed by atoms with van der Waals surface area (Å²) in [5, 5.41) is 2.79. The number of anilines is 1. The summed E-state index contributed by atoms with van der Waals surface area (Å²) in [6.45, 7) is 2.87. The molecule has 0 radical (unpaired) electrons. The minimum atomic E-state index is -4.67. The Morgan fingerprint density at radius 1 is 0.821 bits per heavy atom. The molecule has 0 aliphatic heterocycles. The van der Waals surface area contributed by atoms with Gasteiger partial charge in [0.15, 0.2) is 13.2 Å². The van der Waals surface area contributed by atoms with Crippen LogP contribution >= 0.6 is 11.8 Å². The molecule has 3 rings (SSSR count). The van der Waals surface area contributed by atoms with Crippen LogP contribution in [0.4, 0.5) is 32.0 Å². The summed E-state index contributed by atoms with van der Waals surface area (Å²) in [6, 6.07) is 14.8. The maximum Gasteiger partial charge on any atom is 0.422 e. The maximum atomic E-state index is 12.6. The van der Waals surface area contributed by atoms with Gasteiger partial charge in [-0.2, -0.15) is 36.3 Å². The number of carbonyl (C=O) groups is 1. The van der Waals surface area contributed by atoms with Crippen LogP contribution in [0.15, 0.2) is 59.5 Å². The molecule has 2 aromatic carbocycles. The molecule has 0 aliphatic rings. The minimum absolute atomic E-state index is 0.00255. The fourth-order valence-electron chi connectivity index (χ4n) is 3.08. The van der Waals surface area contributed by atoms with Gasteiger partial charge in [-0.1, -0.05) is 32.9 Å². The topological polar surface area (TPSA) is 73.3 Å². The predicted octanol–water partition coefficient (Wildman–Crippen LogP) is 7.20. The highest BCUT2D eigenvalue weighted by Gasteiger charge is 2.30. The largest absolute Gasteiger partial charge is 0.468 e. The third-order valence-corrected chi connectivity index (χ3v) is 5.99. The molecule has 0 spiro atoms. The van der Waals surface area contributed by atoms with Crippen molar-refractivity contribution in [3.05, 3.63) is 71.5 Å². The number of ether oxygens (including phenoxy) is 2. The fourth-order valence-corrected chi connectivity index (χ4v) is 3.83. The van der Waals surface area contributed by atoms with Gasteiger partial charge >= 0.3 is 12.4 Å². The lowest BCUT2D eigenvalue weighted by molar-refractivity contribution is -0.154. The van der Waals surface area contributed by atoms with Crippen LogP contribution in [0.2, 0.25) is 0 Å². The Morgan fingerprint density at radius 2 is 1.33 bits per heavy atom. The van der Waals surface area contributed by atoms with Gasteiger partial charge in [0.1, 0.15) is 5.82 Å². The summed E-state index contributed by atoms with van der Waals surface area (Å²) in [6.07, 6.45) is -9.33. The average Bonchev–Trinajstić information content (AvgIpc) is 2.84. The number of nitrogens with one attached hydrogen (secondary N) is 1. The van der Waals surface area contributed by atoms with E-state index in [2.05, 4.69) is 45.5 Å². The first-order chi connectivity index (χ1) is 18.1. The van der Waals surface area contributed by atoms with Crippen LogP contribution < -0.4 is 14.8 Å². The Hall–Kier alpha value is -3.48. The second-order valence-corrected chi connectivity index (χ2v) is 10.4. The maximum absolute atomic E-state index is 12.6. The van der Waals surface area contributed by atoms with Crippen molar-refractivity contribution in [3.63, 3.8) is 0 Å². The third-order valence-electron chi connectivity index (χ3n) is 4.99. The molecule has 0 saturated heterocycles. The number of amides is 1. The van der Waals surface area contributed by atoms with E-state index in [1.54, 1.807) is 36.4 Å². The van der Waals surface area contributed by atoms with Gasteiger partial charge < -0.3 is 14.8 Å². The number of rotatable bonds is 9. The number of thioether (sulfide) groups is 1. The van der Waals surface area contributed by atoms with Crippen LogP contribution in [0.25, 0.3) is 0 Å². The van der Waals surface area contributed by atoms with Gasteiger partial charge in [0.2, 0.25) is 11.8 Å². The molecule has 0 atom stereocenters. The van der Waals surface area contributed by atoms with Crippen LogP contribution in [-0.2, 0) is 11.2 Å². The van der Waals surface area contributed by atoms with Gasteiger partial charge in [-0.3, -0.25) is 4.79 Å². The average molecular weight is 574 g/mol. The van der Waals surface area contributed by atoms with Crippen molar-refractivity contribution in [2.75, 3.05) is 18.5 Å². The highest BCUT2D eigenvalue weighted by Crippen LogP contribution is 2.27. The molecule has 0 fully saturated rings. The van der Waals surface area contributed by atoms with E-state index >= 15 is 0 Å². The number of hydrogen-bond acceptors (Lipinski definition) is 6. The van der Waals surface area contributed by atoms with Crippen molar-refractivity contribution in [3.8, 4) is 11.8 Å². The number of hydrogen-bond donors (Lipinski definition) is 1. The van der Waals surface area contributed by atoms with E-state index in [1.165, 1.54) is 11.8 Å². The van der Waals surface area contributed by atoms with Crippen molar-refractivity contribution in [2.24, 2.45) is 0 Å². The standard InChI is InChI=1S/C26H25F6N3O3S/c1-24(2,3)17-6-4-16(5-7-17)23(36)33-18-8-10-19(11-9-18)39-13-20-34-21(37-14-25(27,28)29)12-22(35-20)38-15-26(30,31)32/h4-12H,13-15H2,1-3H3,(H,33,36). The first-order valence-electron chi connectivity index (χ1n) is 11.5. The van der Waals surface area contributed by atoms with E-state index in [-0.39, 0.29) is 22.9 Å². The molecule has 0 aliphatic carbocycles. The predicted molar refractivity (Wildman–Crippen MR) is 134 cm³/mol. The van der Waals surface area contributed by atoms with Crippen molar-refractivity contribution < 1.29 is 40.6 Å². The second kappa shape index (κ2) is 12.1. The molecule has 6 nitrogen and oxygen atoms in total. The highest BCUT2D eigenvalue weighted by molar-refractivity contribution is 7.98. The Labute approximate surface area is 225 Å². The van der Waals surface area contributed by atoms with E-state index in [0.717, 1.165) is 11.6 Å². The number of halogens is 6. The second-order valence-electron chi connectivity index (χ2n) is 9.36. The van der Waals surface area contributed by atoms with Crippen molar-refractivity contribution in [1.29, 1.82) is 0 Å². The zero-order valence-electron chi connectivity index (χ0n) is 21.1. The number of carbonyl (C=O) groups excluding carboxylic acids is 1. The molecular formula is C26H25F6N3O3S. The molecule has 0 bridgehead atoms. The molecule has 3 aromatic rings. The minimum Gasteiger partial charge on any atom is -0.468 e. The Balaban J connectivity index is 1.63. The highest BCUT2D eigenvalue weighted by atomic mass is 32.2. The summed E-state index contributed by atoms with van der Waals surface area (Å²) >= 11 is 1.17. The molecule has 1 N–H and O–H groups in total. The van der Waals surface area contributed by atoms with Gasteiger partial charge in [0.25, 0.3) is 5.91 Å². The Bertz CT molecular complexity index is 1220. The number of aromatic nitrogens is 2. The normalized spacial score (nSPS) is 12.2. The molecule has 13 heteroatoms. The van der Waals surface area contributed by atoms with Crippen LogP contribution in [0, 0.1) is 0 Å². The van der Waals surface area contributed by atoms with Gasteiger partial charge in [-0.05, 0) is 47.4 Å². The third kappa shape index (κ3) is 10.3. The van der Waals surface area contributed by atoms with Gasteiger partial charge in [-0.15, -0.1) is 11.8 Å². The van der Waals surface area contributed by atoms with Gasteiger partial charge in [0.05, 0.1) is 11.8 Å². The molecule has 0 saturated carbocycles. The Kier molecular flexibility index (Phi) is 9.36. The summed E-state index contributed by atoms with van der Waals surface area (Å²) in [4.78, 5) is 20.9. The van der Waals surface area contributed by atoms with Crippen molar-refractivity contribution in [1.82, 2.24) is 9.97 Å². The van der Waals surface area contributed by atoms with Gasteiger partial charge in [0, 0.05) is 16.1 Å². The summed E-state index contributed by atoms with van der Waals surface area (Å²) in [7, 11) is 0. The lowest BCUT2D eigenvalue weighted by Gasteiger charge is -2.19. The van der Waals surface area contributed by atoms with Crippen molar-refractivity contribution >= 4 is 23.4 Å².